The summed E-state index contributed by atoms with van der Waals surface area (Å²) in [6.07, 6.45) is 2.71. The molecule has 1 N–H and O–H groups in total. The maximum Gasteiger partial charge on any atom is 0.0320 e. The van der Waals surface area contributed by atoms with Crippen LogP contribution in [0.15, 0.2) is 30.3 Å². The van der Waals surface area contributed by atoms with E-state index in [4.69, 9.17) is 0 Å². The van der Waals surface area contributed by atoms with Gasteiger partial charge in [0.15, 0.2) is 0 Å². The second-order valence-corrected chi connectivity index (χ2v) is 5.15. The standard InChI is InChI=1S/C15H24N2.ClH/c1-13(15-8-4-3-5-9-15)17-10-6-7-14(12-17)11-16-2;/h3-5,8-9,13-14,16H,6-7,10-12H2,1-2H3;1H. The minimum absolute atomic E-state index is 0. The molecule has 0 spiro atoms. The summed E-state index contributed by atoms with van der Waals surface area (Å²) < 4.78 is 0. The molecule has 0 radical (unpaired) electrons. The fourth-order valence-corrected chi connectivity index (χ4v) is 2.85. The molecule has 1 aromatic rings. The number of benzene rings is 1. The van der Waals surface area contributed by atoms with Crippen molar-refractivity contribution in [2.75, 3.05) is 26.7 Å². The Hall–Kier alpha value is -0.570. The van der Waals surface area contributed by atoms with Crippen LogP contribution >= 0.6 is 12.4 Å². The fourth-order valence-electron chi connectivity index (χ4n) is 2.85. The summed E-state index contributed by atoms with van der Waals surface area (Å²) >= 11 is 0. The molecule has 2 nitrogen and oxygen atoms in total. The predicted octanol–water partition coefficient (Wildman–Crippen LogP) is 3.10. The van der Waals surface area contributed by atoms with Gasteiger partial charge in [0.1, 0.15) is 0 Å². The van der Waals surface area contributed by atoms with Gasteiger partial charge in [0, 0.05) is 12.6 Å². The van der Waals surface area contributed by atoms with Gasteiger partial charge in [-0.2, -0.15) is 0 Å². The summed E-state index contributed by atoms with van der Waals surface area (Å²) in [6, 6.07) is 11.4. The van der Waals surface area contributed by atoms with E-state index in [0.29, 0.717) is 6.04 Å². The molecule has 1 saturated heterocycles. The van der Waals surface area contributed by atoms with Gasteiger partial charge in [-0.25, -0.2) is 0 Å². The van der Waals surface area contributed by atoms with Crippen molar-refractivity contribution in [3.05, 3.63) is 35.9 Å². The highest BCUT2D eigenvalue weighted by Crippen LogP contribution is 2.26. The highest BCUT2D eigenvalue weighted by Gasteiger charge is 2.23. The largest absolute Gasteiger partial charge is 0.319 e. The molecule has 102 valence electrons. The van der Waals surface area contributed by atoms with Gasteiger partial charge in [0.25, 0.3) is 0 Å². The summed E-state index contributed by atoms with van der Waals surface area (Å²) in [4.78, 5) is 2.63. The van der Waals surface area contributed by atoms with E-state index in [-0.39, 0.29) is 12.4 Å². The predicted molar refractivity (Wildman–Crippen MR) is 80.3 cm³/mol. The van der Waals surface area contributed by atoms with Crippen LogP contribution in [-0.4, -0.2) is 31.6 Å². The molecule has 1 fully saturated rings. The highest BCUT2D eigenvalue weighted by molar-refractivity contribution is 5.85. The van der Waals surface area contributed by atoms with Crippen molar-refractivity contribution in [2.24, 2.45) is 5.92 Å². The van der Waals surface area contributed by atoms with E-state index in [1.165, 1.54) is 31.5 Å². The molecular weight excluding hydrogens is 244 g/mol. The molecule has 2 atom stereocenters. The monoisotopic (exact) mass is 268 g/mol. The van der Waals surface area contributed by atoms with Crippen molar-refractivity contribution in [3.63, 3.8) is 0 Å². The normalized spacial score (nSPS) is 22.2. The maximum absolute atomic E-state index is 3.31. The first kappa shape index (κ1) is 15.5. The van der Waals surface area contributed by atoms with E-state index in [0.717, 1.165) is 12.5 Å². The lowest BCUT2D eigenvalue weighted by atomic mass is 9.95. The highest BCUT2D eigenvalue weighted by atomic mass is 35.5. The van der Waals surface area contributed by atoms with Gasteiger partial charge in [0.2, 0.25) is 0 Å². The van der Waals surface area contributed by atoms with Gasteiger partial charge in [0.05, 0.1) is 0 Å². The van der Waals surface area contributed by atoms with Crippen LogP contribution in [0.5, 0.6) is 0 Å². The lowest BCUT2D eigenvalue weighted by molar-refractivity contribution is 0.131. The number of hydrogen-bond acceptors (Lipinski definition) is 2. The summed E-state index contributed by atoms with van der Waals surface area (Å²) in [5.74, 6) is 0.819. The Labute approximate surface area is 117 Å². The van der Waals surface area contributed by atoms with Gasteiger partial charge in [-0.3, -0.25) is 4.90 Å². The molecule has 0 aromatic heterocycles. The third-order valence-electron chi connectivity index (χ3n) is 3.87. The summed E-state index contributed by atoms with van der Waals surface area (Å²) in [5.41, 5.74) is 1.44. The van der Waals surface area contributed by atoms with Crippen LogP contribution in [0.1, 0.15) is 31.4 Å². The van der Waals surface area contributed by atoms with Crippen LogP contribution < -0.4 is 5.32 Å². The van der Waals surface area contributed by atoms with E-state index >= 15 is 0 Å². The van der Waals surface area contributed by atoms with Crippen LogP contribution in [0.3, 0.4) is 0 Å². The molecule has 0 aliphatic carbocycles. The lowest BCUT2D eigenvalue weighted by Gasteiger charge is -2.37. The van der Waals surface area contributed by atoms with E-state index in [1.807, 2.05) is 0 Å². The molecule has 1 aromatic carbocycles. The molecule has 2 unspecified atom stereocenters. The van der Waals surface area contributed by atoms with E-state index in [2.05, 4.69) is 54.5 Å². The van der Waals surface area contributed by atoms with Crippen molar-refractivity contribution in [2.45, 2.75) is 25.8 Å². The SMILES string of the molecule is CNCC1CCCN(C(C)c2ccccc2)C1.Cl. The first-order chi connectivity index (χ1) is 8.31. The summed E-state index contributed by atoms with van der Waals surface area (Å²) in [7, 11) is 2.06. The van der Waals surface area contributed by atoms with Gasteiger partial charge in [-0.05, 0) is 51.4 Å². The number of likely N-dealkylation sites (tertiary alicyclic amines) is 1. The topological polar surface area (TPSA) is 15.3 Å². The Bertz CT molecular complexity index is 327. The molecule has 0 saturated carbocycles. The van der Waals surface area contributed by atoms with Crippen molar-refractivity contribution < 1.29 is 0 Å². The molecule has 18 heavy (non-hydrogen) atoms. The Balaban J connectivity index is 0.00000162. The smallest absolute Gasteiger partial charge is 0.0320 e. The van der Waals surface area contributed by atoms with Gasteiger partial charge >= 0.3 is 0 Å². The Morgan fingerprint density at radius 2 is 2.06 bits per heavy atom. The Kier molecular flexibility index (Phi) is 6.69. The van der Waals surface area contributed by atoms with Gasteiger partial charge < -0.3 is 5.32 Å². The summed E-state index contributed by atoms with van der Waals surface area (Å²) in [6.45, 7) is 5.96. The molecule has 3 heteroatoms. The maximum atomic E-state index is 3.31. The molecule has 1 aliphatic rings. The van der Waals surface area contributed by atoms with E-state index in [9.17, 15) is 0 Å². The number of piperidine rings is 1. The van der Waals surface area contributed by atoms with Crippen LogP contribution in [0.4, 0.5) is 0 Å². The lowest BCUT2D eigenvalue weighted by Crippen LogP contribution is -2.40. The van der Waals surface area contributed by atoms with Crippen molar-refractivity contribution in [1.82, 2.24) is 10.2 Å². The first-order valence-corrected chi connectivity index (χ1v) is 6.75. The Morgan fingerprint density at radius 1 is 1.33 bits per heavy atom. The molecule has 1 heterocycles. The average molecular weight is 269 g/mol. The zero-order chi connectivity index (χ0) is 12.1. The van der Waals surface area contributed by atoms with Crippen LogP contribution in [0.25, 0.3) is 0 Å². The van der Waals surface area contributed by atoms with Crippen LogP contribution in [0, 0.1) is 5.92 Å². The number of hydrogen-bond donors (Lipinski definition) is 1. The molecule has 0 amide bonds. The summed E-state index contributed by atoms with van der Waals surface area (Å²) in [5, 5.41) is 3.31. The van der Waals surface area contributed by atoms with Gasteiger partial charge in [-0.1, -0.05) is 30.3 Å². The third kappa shape index (κ3) is 3.98. The van der Waals surface area contributed by atoms with Crippen molar-refractivity contribution >= 4 is 12.4 Å². The molecule has 0 bridgehead atoms. The second-order valence-electron chi connectivity index (χ2n) is 5.15. The number of nitrogens with one attached hydrogen (secondary N) is 1. The second kappa shape index (κ2) is 7.78. The van der Waals surface area contributed by atoms with E-state index < -0.39 is 0 Å². The number of rotatable bonds is 4. The zero-order valence-electron chi connectivity index (χ0n) is 11.4. The molecular formula is C15H25ClN2. The number of halogens is 1. The fraction of sp³-hybridized carbons (Fsp3) is 0.600. The van der Waals surface area contributed by atoms with Crippen molar-refractivity contribution in [3.8, 4) is 0 Å². The minimum Gasteiger partial charge on any atom is -0.319 e. The minimum atomic E-state index is 0. The molecule has 1 aliphatic heterocycles. The Morgan fingerprint density at radius 3 is 2.72 bits per heavy atom. The third-order valence-corrected chi connectivity index (χ3v) is 3.87. The van der Waals surface area contributed by atoms with Crippen LogP contribution in [-0.2, 0) is 0 Å². The van der Waals surface area contributed by atoms with Gasteiger partial charge in [-0.15, -0.1) is 12.4 Å². The first-order valence-electron chi connectivity index (χ1n) is 6.75. The number of nitrogens with zero attached hydrogens (tertiary/aromatic N) is 1. The van der Waals surface area contributed by atoms with Crippen LogP contribution in [0.2, 0.25) is 0 Å². The average Bonchev–Trinajstić information content (AvgIpc) is 2.40. The zero-order valence-corrected chi connectivity index (χ0v) is 12.2. The van der Waals surface area contributed by atoms with E-state index in [1.54, 1.807) is 0 Å². The quantitative estimate of drug-likeness (QED) is 0.903. The molecule has 2 rings (SSSR count). The van der Waals surface area contributed by atoms with Crippen molar-refractivity contribution in [1.29, 1.82) is 0 Å².